The summed E-state index contributed by atoms with van der Waals surface area (Å²) in [6.45, 7) is 0. The fraction of sp³-hybridized carbons (Fsp3) is 0.0909. The Balaban J connectivity index is 2.72. The Bertz CT molecular complexity index is 574. The molecule has 1 heterocycles. The molecule has 0 saturated carbocycles. The van der Waals surface area contributed by atoms with Crippen molar-refractivity contribution in [1.82, 2.24) is 4.98 Å². The predicted octanol–water partition coefficient (Wildman–Crippen LogP) is 2.53. The zero-order valence-electron chi connectivity index (χ0n) is 8.41. The van der Waals surface area contributed by atoms with Gasteiger partial charge in [-0.15, -0.1) is 0 Å². The second-order valence-corrected chi connectivity index (χ2v) is 4.09. The average Bonchev–Trinajstić information content (AvgIpc) is 2.71. The molecule has 0 saturated heterocycles. The van der Waals surface area contributed by atoms with Crippen LogP contribution in [0, 0.1) is 0 Å². The largest absolute Gasteiger partial charge is 0.465 e. The Morgan fingerprint density at radius 2 is 2.25 bits per heavy atom. The number of aromatic nitrogens is 1. The van der Waals surface area contributed by atoms with Crippen LogP contribution in [0.5, 0.6) is 0 Å². The van der Waals surface area contributed by atoms with Crippen molar-refractivity contribution < 1.29 is 14.3 Å². The van der Waals surface area contributed by atoms with Crippen LogP contribution in [0.2, 0.25) is 0 Å². The van der Waals surface area contributed by atoms with Gasteiger partial charge in [0.25, 0.3) is 0 Å². The van der Waals surface area contributed by atoms with Crippen LogP contribution in [0.25, 0.3) is 10.9 Å². The minimum absolute atomic E-state index is 0.407. The Kier molecular flexibility index (Phi) is 2.78. The Hall–Kier alpha value is -1.62. The first-order valence-corrected chi connectivity index (χ1v) is 5.30. The summed E-state index contributed by atoms with van der Waals surface area (Å²) in [5, 5.41) is 0.699. The van der Waals surface area contributed by atoms with E-state index in [2.05, 4.69) is 25.7 Å². The average molecular weight is 282 g/mol. The lowest BCUT2D eigenvalue weighted by molar-refractivity contribution is 0.0600. The molecule has 0 atom stereocenters. The van der Waals surface area contributed by atoms with Gasteiger partial charge in [0.1, 0.15) is 0 Å². The van der Waals surface area contributed by atoms with E-state index in [1.54, 1.807) is 18.3 Å². The van der Waals surface area contributed by atoms with E-state index in [9.17, 15) is 9.59 Å². The fourth-order valence-electron chi connectivity index (χ4n) is 1.54. The number of benzene rings is 1. The minimum Gasteiger partial charge on any atom is -0.465 e. The van der Waals surface area contributed by atoms with Crippen molar-refractivity contribution in [2.45, 2.75) is 0 Å². The lowest BCUT2D eigenvalue weighted by Gasteiger charge is -2.01. The quantitative estimate of drug-likeness (QED) is 0.680. The van der Waals surface area contributed by atoms with Crippen LogP contribution in [0.4, 0.5) is 0 Å². The van der Waals surface area contributed by atoms with Gasteiger partial charge >= 0.3 is 5.97 Å². The molecule has 5 heteroatoms. The molecule has 0 aliphatic carbocycles. The molecule has 0 fully saturated rings. The van der Waals surface area contributed by atoms with Crippen LogP contribution in [0.3, 0.4) is 0 Å². The standard InChI is InChI=1S/C11H8BrNO3/c1-16-11(15)6-2-8-7(5-14)4-13-10(8)9(12)3-6/h2-5,13H,1H3. The minimum atomic E-state index is -0.430. The number of carbonyl (C=O) groups excluding carboxylic acids is 2. The van der Waals surface area contributed by atoms with Gasteiger partial charge in [0.05, 0.1) is 18.2 Å². The third-order valence-electron chi connectivity index (χ3n) is 2.32. The molecular weight excluding hydrogens is 274 g/mol. The smallest absolute Gasteiger partial charge is 0.337 e. The molecule has 0 unspecified atom stereocenters. The second kappa shape index (κ2) is 4.09. The van der Waals surface area contributed by atoms with Crippen molar-refractivity contribution >= 4 is 39.1 Å². The molecule has 1 aromatic carbocycles. The molecule has 0 aliphatic rings. The normalized spacial score (nSPS) is 10.4. The number of aromatic amines is 1. The number of nitrogens with one attached hydrogen (secondary N) is 1. The molecular formula is C11H8BrNO3. The van der Waals surface area contributed by atoms with Crippen LogP contribution in [0.15, 0.2) is 22.8 Å². The summed E-state index contributed by atoms with van der Waals surface area (Å²) >= 11 is 3.33. The SMILES string of the molecule is COC(=O)c1cc(Br)c2[nH]cc(C=O)c2c1. The highest BCUT2D eigenvalue weighted by molar-refractivity contribution is 9.10. The maximum atomic E-state index is 11.4. The summed E-state index contributed by atoms with van der Waals surface area (Å²) < 4.78 is 5.35. The number of ether oxygens (including phenoxy) is 1. The zero-order chi connectivity index (χ0) is 11.7. The van der Waals surface area contributed by atoms with Gasteiger partial charge in [0, 0.05) is 21.6 Å². The van der Waals surface area contributed by atoms with Gasteiger partial charge in [-0.05, 0) is 28.1 Å². The first-order valence-electron chi connectivity index (χ1n) is 4.51. The highest BCUT2D eigenvalue weighted by Crippen LogP contribution is 2.27. The van der Waals surface area contributed by atoms with E-state index in [4.69, 9.17) is 0 Å². The molecule has 0 amide bonds. The topological polar surface area (TPSA) is 59.2 Å². The number of halogens is 1. The molecule has 0 radical (unpaired) electrons. The van der Waals surface area contributed by atoms with E-state index >= 15 is 0 Å². The summed E-state index contributed by atoms with van der Waals surface area (Å²) in [4.78, 5) is 25.1. The number of hydrogen-bond acceptors (Lipinski definition) is 3. The Morgan fingerprint density at radius 3 is 2.88 bits per heavy atom. The van der Waals surface area contributed by atoms with Crippen LogP contribution >= 0.6 is 15.9 Å². The highest BCUT2D eigenvalue weighted by Gasteiger charge is 2.12. The lowest BCUT2D eigenvalue weighted by Crippen LogP contribution is -2.01. The van der Waals surface area contributed by atoms with Gasteiger partial charge < -0.3 is 9.72 Å². The van der Waals surface area contributed by atoms with Gasteiger partial charge in [-0.3, -0.25) is 4.79 Å². The van der Waals surface area contributed by atoms with Gasteiger partial charge in [-0.25, -0.2) is 4.79 Å². The predicted molar refractivity (Wildman–Crippen MR) is 62.7 cm³/mol. The number of hydrogen-bond donors (Lipinski definition) is 1. The van der Waals surface area contributed by atoms with E-state index in [1.807, 2.05) is 0 Å². The summed E-state index contributed by atoms with van der Waals surface area (Å²) in [6, 6.07) is 3.28. The summed E-state index contributed by atoms with van der Waals surface area (Å²) in [5.74, 6) is -0.430. The number of aldehydes is 1. The molecule has 16 heavy (non-hydrogen) atoms. The van der Waals surface area contributed by atoms with Crippen molar-refractivity contribution in [2.75, 3.05) is 7.11 Å². The van der Waals surface area contributed by atoms with Crippen LogP contribution in [-0.4, -0.2) is 24.3 Å². The third kappa shape index (κ3) is 1.63. The first-order chi connectivity index (χ1) is 7.67. The summed E-state index contributed by atoms with van der Waals surface area (Å²) in [6.07, 6.45) is 2.34. The van der Waals surface area contributed by atoms with Crippen molar-refractivity contribution in [3.63, 3.8) is 0 Å². The molecule has 0 bridgehead atoms. The van der Waals surface area contributed by atoms with Gasteiger partial charge in [-0.2, -0.15) is 0 Å². The van der Waals surface area contributed by atoms with E-state index in [0.29, 0.717) is 16.5 Å². The maximum Gasteiger partial charge on any atom is 0.337 e. The van der Waals surface area contributed by atoms with Crippen LogP contribution in [0.1, 0.15) is 20.7 Å². The number of carbonyl (C=O) groups is 2. The molecule has 82 valence electrons. The molecule has 1 aromatic heterocycles. The molecule has 0 aliphatic heterocycles. The van der Waals surface area contributed by atoms with E-state index in [-0.39, 0.29) is 0 Å². The molecule has 1 N–H and O–H groups in total. The number of fused-ring (bicyclic) bond motifs is 1. The molecule has 0 spiro atoms. The third-order valence-corrected chi connectivity index (χ3v) is 2.95. The first kappa shape index (κ1) is 10.9. The zero-order valence-corrected chi connectivity index (χ0v) is 10.00. The molecule has 4 nitrogen and oxygen atoms in total. The van der Waals surface area contributed by atoms with Crippen LogP contribution in [-0.2, 0) is 4.74 Å². The van der Waals surface area contributed by atoms with Crippen molar-refractivity contribution in [2.24, 2.45) is 0 Å². The molecule has 2 aromatic rings. The van der Waals surface area contributed by atoms with Gasteiger partial charge in [0.15, 0.2) is 6.29 Å². The Labute approximate surface area is 99.7 Å². The summed E-state index contributed by atoms with van der Waals surface area (Å²) in [7, 11) is 1.32. The van der Waals surface area contributed by atoms with Gasteiger partial charge in [0.2, 0.25) is 0 Å². The van der Waals surface area contributed by atoms with E-state index in [1.165, 1.54) is 7.11 Å². The van der Waals surface area contributed by atoms with Gasteiger partial charge in [-0.1, -0.05) is 0 Å². The lowest BCUT2D eigenvalue weighted by atomic mass is 10.1. The monoisotopic (exact) mass is 281 g/mol. The fourth-order valence-corrected chi connectivity index (χ4v) is 2.12. The maximum absolute atomic E-state index is 11.4. The number of methoxy groups -OCH3 is 1. The Morgan fingerprint density at radius 1 is 1.50 bits per heavy atom. The summed E-state index contributed by atoms with van der Waals surface area (Å²) in [5.41, 5.74) is 1.71. The number of esters is 1. The second-order valence-electron chi connectivity index (χ2n) is 3.23. The van der Waals surface area contributed by atoms with Crippen molar-refractivity contribution in [3.8, 4) is 0 Å². The number of H-pyrrole nitrogens is 1. The molecule has 2 rings (SSSR count). The van der Waals surface area contributed by atoms with Crippen molar-refractivity contribution in [3.05, 3.63) is 33.9 Å². The van der Waals surface area contributed by atoms with E-state index < -0.39 is 5.97 Å². The van der Waals surface area contributed by atoms with E-state index in [0.717, 1.165) is 16.3 Å². The highest BCUT2D eigenvalue weighted by atomic mass is 79.9. The number of rotatable bonds is 2. The van der Waals surface area contributed by atoms with Crippen molar-refractivity contribution in [1.29, 1.82) is 0 Å². The van der Waals surface area contributed by atoms with Crippen LogP contribution < -0.4 is 0 Å².